The lowest BCUT2D eigenvalue weighted by atomic mass is 10.0. The number of amides is 4. The second kappa shape index (κ2) is 22.0. The SMILES string of the molecule is C[C@H](NC(=O)[C@H](Cc1ccccc1)NC(=O)[C@H](CCCCN)NC(=O)[C@@H](N)CCCCN)C(=O)N[C@@H](CCCCN)C(=O)O. The molecule has 0 unspecified atom stereocenters. The highest BCUT2D eigenvalue weighted by atomic mass is 16.4. The zero-order chi connectivity index (χ0) is 32.9. The number of nitrogens with two attached hydrogens (primary N) is 4. The summed E-state index contributed by atoms with van der Waals surface area (Å²) < 4.78 is 0. The van der Waals surface area contributed by atoms with Gasteiger partial charge in [-0.15, -0.1) is 0 Å². The van der Waals surface area contributed by atoms with Crippen molar-refractivity contribution in [2.45, 2.75) is 101 Å². The Bertz CT molecular complexity index is 1030. The Balaban J connectivity index is 3.05. The van der Waals surface area contributed by atoms with Gasteiger partial charge in [-0.05, 0) is 83.5 Å². The summed E-state index contributed by atoms with van der Waals surface area (Å²) >= 11 is 0. The number of carbonyl (C=O) groups is 5. The molecule has 0 saturated heterocycles. The summed E-state index contributed by atoms with van der Waals surface area (Å²) in [4.78, 5) is 64.1. The number of nitrogens with one attached hydrogen (secondary N) is 4. The number of benzene rings is 1. The smallest absolute Gasteiger partial charge is 0.326 e. The normalized spacial score (nSPS) is 14.4. The average Bonchev–Trinajstić information content (AvgIpc) is 3.00. The van der Waals surface area contributed by atoms with Crippen LogP contribution in [0.25, 0.3) is 0 Å². The van der Waals surface area contributed by atoms with Gasteiger partial charge in [0.05, 0.1) is 6.04 Å². The number of hydrogen-bond acceptors (Lipinski definition) is 9. The number of rotatable bonds is 23. The fourth-order valence-corrected chi connectivity index (χ4v) is 4.44. The van der Waals surface area contributed by atoms with E-state index in [-0.39, 0.29) is 19.3 Å². The average molecular weight is 621 g/mol. The predicted octanol–water partition coefficient (Wildman–Crippen LogP) is -1.01. The maximum Gasteiger partial charge on any atom is 0.326 e. The van der Waals surface area contributed by atoms with Gasteiger partial charge in [0.2, 0.25) is 23.6 Å². The van der Waals surface area contributed by atoms with E-state index in [4.69, 9.17) is 22.9 Å². The van der Waals surface area contributed by atoms with Crippen LogP contribution in [0.5, 0.6) is 0 Å². The monoisotopic (exact) mass is 620 g/mol. The molecule has 0 aliphatic carbocycles. The van der Waals surface area contributed by atoms with Crippen LogP contribution in [0.1, 0.15) is 70.3 Å². The largest absolute Gasteiger partial charge is 0.480 e. The quantitative estimate of drug-likeness (QED) is 0.0673. The van der Waals surface area contributed by atoms with E-state index in [1.165, 1.54) is 6.92 Å². The van der Waals surface area contributed by atoms with Crippen LogP contribution >= 0.6 is 0 Å². The van der Waals surface area contributed by atoms with Crippen molar-refractivity contribution < 1.29 is 29.1 Å². The summed E-state index contributed by atoms with van der Waals surface area (Å²) in [7, 11) is 0. The molecule has 14 heteroatoms. The minimum atomic E-state index is -1.19. The predicted molar refractivity (Wildman–Crippen MR) is 168 cm³/mol. The second-order valence-electron chi connectivity index (χ2n) is 10.9. The minimum absolute atomic E-state index is 0.103. The molecule has 1 aromatic carbocycles. The van der Waals surface area contributed by atoms with Gasteiger partial charge in [0.25, 0.3) is 0 Å². The molecule has 0 bridgehead atoms. The summed E-state index contributed by atoms with van der Waals surface area (Å²) in [5.41, 5.74) is 23.4. The molecule has 0 radical (unpaired) electrons. The number of carboxylic acids is 1. The van der Waals surface area contributed by atoms with Gasteiger partial charge in [-0.25, -0.2) is 4.79 Å². The van der Waals surface area contributed by atoms with E-state index >= 15 is 0 Å². The Morgan fingerprint density at radius 2 is 1.11 bits per heavy atom. The van der Waals surface area contributed by atoms with Crippen LogP contribution < -0.4 is 44.2 Å². The van der Waals surface area contributed by atoms with E-state index < -0.39 is 59.8 Å². The van der Waals surface area contributed by atoms with E-state index in [9.17, 15) is 29.1 Å². The highest BCUT2D eigenvalue weighted by molar-refractivity contribution is 5.95. The van der Waals surface area contributed by atoms with Crippen LogP contribution in [0.3, 0.4) is 0 Å². The Morgan fingerprint density at radius 3 is 1.66 bits per heavy atom. The highest BCUT2D eigenvalue weighted by Gasteiger charge is 2.30. The Kier molecular flexibility index (Phi) is 19.2. The number of unbranched alkanes of at least 4 members (excludes halogenated alkanes) is 3. The molecule has 44 heavy (non-hydrogen) atoms. The van der Waals surface area contributed by atoms with Crippen LogP contribution in [0.4, 0.5) is 0 Å². The topological polar surface area (TPSA) is 258 Å². The zero-order valence-corrected chi connectivity index (χ0v) is 25.8. The molecule has 5 atom stereocenters. The Hall–Kier alpha value is -3.59. The molecule has 0 aliphatic rings. The number of hydrogen-bond donors (Lipinski definition) is 9. The van der Waals surface area contributed by atoms with Gasteiger partial charge in [-0.3, -0.25) is 19.2 Å². The van der Waals surface area contributed by atoms with Crippen molar-refractivity contribution in [3.05, 3.63) is 35.9 Å². The third kappa shape index (κ3) is 15.2. The fraction of sp³-hybridized carbons (Fsp3) is 0.633. The summed E-state index contributed by atoms with van der Waals surface area (Å²) in [5.74, 6) is -3.58. The first-order chi connectivity index (χ1) is 21.0. The maximum atomic E-state index is 13.5. The molecular weight excluding hydrogens is 568 g/mol. The molecule has 1 rings (SSSR count). The van der Waals surface area contributed by atoms with E-state index in [1.807, 2.05) is 6.07 Å². The molecule has 0 aromatic heterocycles. The lowest BCUT2D eigenvalue weighted by Gasteiger charge is -2.26. The first-order valence-corrected chi connectivity index (χ1v) is 15.4. The van der Waals surface area contributed by atoms with Crippen molar-refractivity contribution in [2.75, 3.05) is 19.6 Å². The first kappa shape index (κ1) is 38.4. The molecule has 4 amide bonds. The van der Waals surface area contributed by atoms with Gasteiger partial charge in [-0.1, -0.05) is 36.8 Å². The fourth-order valence-electron chi connectivity index (χ4n) is 4.44. The van der Waals surface area contributed by atoms with Crippen LogP contribution in [-0.2, 0) is 30.4 Å². The van der Waals surface area contributed by atoms with Crippen LogP contribution in [0.2, 0.25) is 0 Å². The van der Waals surface area contributed by atoms with Gasteiger partial charge in [0, 0.05) is 6.42 Å². The molecule has 13 N–H and O–H groups in total. The first-order valence-electron chi connectivity index (χ1n) is 15.4. The van der Waals surface area contributed by atoms with Crippen molar-refractivity contribution >= 4 is 29.6 Å². The zero-order valence-electron chi connectivity index (χ0n) is 25.8. The van der Waals surface area contributed by atoms with E-state index in [0.29, 0.717) is 58.2 Å². The van der Waals surface area contributed by atoms with Crippen LogP contribution in [-0.4, -0.2) is 84.5 Å². The molecule has 248 valence electrons. The van der Waals surface area contributed by atoms with E-state index in [2.05, 4.69) is 21.3 Å². The second-order valence-corrected chi connectivity index (χ2v) is 10.9. The minimum Gasteiger partial charge on any atom is -0.480 e. The molecule has 0 spiro atoms. The molecule has 0 aliphatic heterocycles. The Morgan fingerprint density at radius 1 is 0.636 bits per heavy atom. The van der Waals surface area contributed by atoms with Gasteiger partial charge < -0.3 is 49.3 Å². The molecule has 14 nitrogen and oxygen atoms in total. The van der Waals surface area contributed by atoms with Crippen molar-refractivity contribution in [3.63, 3.8) is 0 Å². The Labute approximate surface area is 259 Å². The molecule has 0 heterocycles. The summed E-state index contributed by atoms with van der Waals surface area (Å²) in [6.45, 7) is 2.73. The summed E-state index contributed by atoms with van der Waals surface area (Å²) in [6.07, 6.45) is 4.69. The van der Waals surface area contributed by atoms with Crippen molar-refractivity contribution in [1.82, 2.24) is 21.3 Å². The van der Waals surface area contributed by atoms with Gasteiger partial charge in [-0.2, -0.15) is 0 Å². The number of carboxylic acid groups (broad SMARTS) is 1. The van der Waals surface area contributed by atoms with Gasteiger partial charge in [0.1, 0.15) is 24.2 Å². The van der Waals surface area contributed by atoms with E-state index in [1.54, 1.807) is 24.3 Å². The molecular formula is C30H52N8O6. The van der Waals surface area contributed by atoms with Crippen molar-refractivity contribution in [1.29, 1.82) is 0 Å². The molecule has 1 aromatic rings. The number of carbonyl (C=O) groups excluding carboxylic acids is 4. The highest BCUT2D eigenvalue weighted by Crippen LogP contribution is 2.08. The van der Waals surface area contributed by atoms with Crippen LogP contribution in [0.15, 0.2) is 30.3 Å². The summed E-state index contributed by atoms with van der Waals surface area (Å²) in [6, 6.07) is 3.87. The van der Waals surface area contributed by atoms with E-state index in [0.717, 1.165) is 12.0 Å². The maximum absolute atomic E-state index is 13.5. The number of aliphatic carboxylic acids is 1. The van der Waals surface area contributed by atoms with Gasteiger partial charge >= 0.3 is 5.97 Å². The van der Waals surface area contributed by atoms with Gasteiger partial charge in [0.15, 0.2) is 0 Å². The molecule has 0 saturated carbocycles. The lowest BCUT2D eigenvalue weighted by Crippen LogP contribution is -2.58. The van der Waals surface area contributed by atoms with Crippen molar-refractivity contribution in [2.24, 2.45) is 22.9 Å². The molecule has 0 fully saturated rings. The van der Waals surface area contributed by atoms with Crippen LogP contribution in [0, 0.1) is 0 Å². The van der Waals surface area contributed by atoms with Crippen molar-refractivity contribution in [3.8, 4) is 0 Å². The standard InChI is InChI=1S/C30H52N8O6/c1-20(26(39)37-24(30(43)44)15-7-10-18-33)35-29(42)25(19-21-11-3-2-4-12-21)38-28(41)23(14-6-9-17-32)36-27(40)22(34)13-5-8-16-31/h2-4,11-12,20,22-25H,5-10,13-19,31-34H2,1H3,(H,35,42)(H,36,40)(H,37,39)(H,38,41)(H,43,44)/t20-,22-,23-,24-,25-/m0/s1. The summed E-state index contributed by atoms with van der Waals surface area (Å²) in [5, 5.41) is 20.0. The lowest BCUT2D eigenvalue weighted by molar-refractivity contribution is -0.142. The third-order valence-corrected chi connectivity index (χ3v) is 7.12. The third-order valence-electron chi connectivity index (χ3n) is 7.12.